The van der Waals surface area contributed by atoms with Crippen molar-refractivity contribution in [2.45, 2.75) is 13.0 Å². The Morgan fingerprint density at radius 1 is 1.46 bits per heavy atom. The van der Waals surface area contributed by atoms with Gasteiger partial charge in [0.05, 0.1) is 17.8 Å². The number of nitriles is 1. The van der Waals surface area contributed by atoms with Crippen molar-refractivity contribution in [2.75, 3.05) is 18.5 Å². The van der Waals surface area contributed by atoms with Crippen LogP contribution in [0.2, 0.25) is 0 Å². The van der Waals surface area contributed by atoms with E-state index in [-0.39, 0.29) is 12.5 Å². The van der Waals surface area contributed by atoms with Crippen molar-refractivity contribution < 1.29 is 14.3 Å². The molecule has 0 saturated heterocycles. The Hall–Kier alpha value is -3.44. The minimum atomic E-state index is -0.415. The van der Waals surface area contributed by atoms with E-state index < -0.39 is 6.09 Å². The fourth-order valence-electron chi connectivity index (χ4n) is 2.78. The van der Waals surface area contributed by atoms with E-state index in [1.807, 2.05) is 6.07 Å². The lowest BCUT2D eigenvalue weighted by molar-refractivity contribution is -0.111. The summed E-state index contributed by atoms with van der Waals surface area (Å²) in [4.78, 5) is 30.8. The summed E-state index contributed by atoms with van der Waals surface area (Å²) in [5.41, 5.74) is 2.00. The predicted octanol–water partition coefficient (Wildman–Crippen LogP) is 3.35. The van der Waals surface area contributed by atoms with E-state index in [0.29, 0.717) is 35.8 Å². The highest BCUT2D eigenvalue weighted by atomic mass is 32.1. The molecule has 0 bridgehead atoms. The number of nitrogens with zero attached hydrogens (tertiary/aromatic N) is 3. The van der Waals surface area contributed by atoms with Gasteiger partial charge in [-0.3, -0.25) is 9.78 Å². The largest absolute Gasteiger partial charge is 0.445 e. The fraction of sp³-hybridized carbons (Fsp3) is 0.200. The first-order chi connectivity index (χ1) is 13.6. The summed E-state index contributed by atoms with van der Waals surface area (Å²) >= 11 is 1.31. The highest BCUT2D eigenvalue weighted by Crippen LogP contribution is 2.36. The van der Waals surface area contributed by atoms with Crippen molar-refractivity contribution in [1.29, 1.82) is 5.26 Å². The Labute approximate surface area is 166 Å². The number of fused-ring (bicyclic) bond motifs is 1. The number of hydrogen-bond acceptors (Lipinski definition) is 6. The van der Waals surface area contributed by atoms with Crippen molar-refractivity contribution in [3.63, 3.8) is 0 Å². The van der Waals surface area contributed by atoms with E-state index in [0.717, 1.165) is 10.4 Å². The molecular weight excluding hydrogens is 376 g/mol. The van der Waals surface area contributed by atoms with Crippen LogP contribution in [0, 0.1) is 11.3 Å². The zero-order chi connectivity index (χ0) is 19.9. The van der Waals surface area contributed by atoms with E-state index in [9.17, 15) is 14.9 Å². The molecule has 2 aromatic rings. The summed E-state index contributed by atoms with van der Waals surface area (Å²) in [6.45, 7) is 4.49. The summed E-state index contributed by atoms with van der Waals surface area (Å²) in [5, 5.41) is 12.8. The van der Waals surface area contributed by atoms with Crippen LogP contribution >= 0.6 is 11.3 Å². The minimum Gasteiger partial charge on any atom is -0.445 e. The molecule has 0 unspecified atom stereocenters. The number of ether oxygens (including phenoxy) is 1. The number of nitrogens with one attached hydrogen (secondary N) is 1. The lowest BCUT2D eigenvalue weighted by Crippen LogP contribution is -2.35. The number of rotatable bonds is 5. The zero-order valence-electron chi connectivity index (χ0n) is 15.1. The quantitative estimate of drug-likeness (QED) is 0.620. The number of carbonyl (C=O) groups is 2. The first-order valence-corrected chi connectivity index (χ1v) is 9.41. The van der Waals surface area contributed by atoms with Gasteiger partial charge < -0.3 is 15.0 Å². The first kappa shape index (κ1) is 19.3. The predicted molar refractivity (Wildman–Crippen MR) is 107 cm³/mol. The van der Waals surface area contributed by atoms with Gasteiger partial charge in [-0.15, -0.1) is 11.3 Å². The van der Waals surface area contributed by atoms with Crippen LogP contribution in [-0.4, -0.2) is 35.0 Å². The van der Waals surface area contributed by atoms with Crippen molar-refractivity contribution in [2.24, 2.45) is 0 Å². The van der Waals surface area contributed by atoms with E-state index >= 15 is 0 Å². The Kier molecular flexibility index (Phi) is 6.19. The Bertz CT molecular complexity index is 960. The molecule has 3 rings (SSSR count). The molecule has 1 aliphatic heterocycles. The zero-order valence-corrected chi connectivity index (χ0v) is 15.9. The first-order valence-electron chi connectivity index (χ1n) is 8.59. The average molecular weight is 394 g/mol. The van der Waals surface area contributed by atoms with Crippen LogP contribution in [-0.2, 0) is 22.5 Å². The summed E-state index contributed by atoms with van der Waals surface area (Å²) in [6, 6.07) is 7.58. The molecule has 8 heteroatoms. The van der Waals surface area contributed by atoms with Gasteiger partial charge in [0.15, 0.2) is 0 Å². The van der Waals surface area contributed by atoms with Gasteiger partial charge >= 0.3 is 6.09 Å². The second-order valence-corrected chi connectivity index (χ2v) is 7.04. The Morgan fingerprint density at radius 2 is 2.32 bits per heavy atom. The molecule has 0 aliphatic carbocycles. The van der Waals surface area contributed by atoms with Gasteiger partial charge in [0, 0.05) is 23.7 Å². The monoisotopic (exact) mass is 394 g/mol. The number of thiophene rings is 1. The number of carbonyl (C=O) groups excluding carboxylic acids is 2. The molecule has 0 saturated carbocycles. The lowest BCUT2D eigenvalue weighted by atomic mass is 10.0. The highest BCUT2D eigenvalue weighted by molar-refractivity contribution is 7.16. The van der Waals surface area contributed by atoms with Crippen LogP contribution < -0.4 is 5.32 Å². The normalized spacial score (nSPS) is 12.9. The SMILES string of the molecule is C=CCOC(=O)N1CCc2c(sc(NC(=O)/C=C/c3ccccn3)c2C#N)C1. The molecule has 7 nitrogen and oxygen atoms in total. The van der Waals surface area contributed by atoms with E-state index in [1.54, 1.807) is 29.3 Å². The molecular formula is C20H18N4O3S. The molecule has 3 heterocycles. The van der Waals surface area contributed by atoms with Crippen LogP contribution in [0.4, 0.5) is 9.80 Å². The molecule has 1 aliphatic rings. The maximum atomic E-state index is 12.2. The molecule has 0 atom stereocenters. The molecule has 2 aromatic heterocycles. The molecule has 0 fully saturated rings. The standard InChI is InChI=1S/C20H18N4O3S/c1-2-11-27-20(26)24-10-8-15-16(12-21)19(28-17(15)13-24)23-18(25)7-6-14-5-3-4-9-22-14/h2-7,9H,1,8,10-11,13H2,(H,23,25)/b7-6+. The van der Waals surface area contributed by atoms with Crippen LogP contribution in [0.3, 0.4) is 0 Å². The van der Waals surface area contributed by atoms with Crippen molar-refractivity contribution >= 4 is 34.4 Å². The summed E-state index contributed by atoms with van der Waals surface area (Å²) < 4.78 is 5.07. The van der Waals surface area contributed by atoms with Crippen LogP contribution in [0.1, 0.15) is 21.7 Å². The Balaban J connectivity index is 1.72. The van der Waals surface area contributed by atoms with Crippen LogP contribution in [0.25, 0.3) is 6.08 Å². The van der Waals surface area contributed by atoms with E-state index in [2.05, 4.69) is 22.9 Å². The topological polar surface area (TPSA) is 95.3 Å². The summed E-state index contributed by atoms with van der Waals surface area (Å²) in [7, 11) is 0. The minimum absolute atomic E-state index is 0.153. The van der Waals surface area contributed by atoms with Crippen LogP contribution in [0.15, 0.2) is 43.1 Å². The van der Waals surface area contributed by atoms with Gasteiger partial charge in [0.2, 0.25) is 5.91 Å². The lowest BCUT2D eigenvalue weighted by Gasteiger charge is -2.25. The molecule has 0 radical (unpaired) electrons. The number of aromatic nitrogens is 1. The van der Waals surface area contributed by atoms with Gasteiger partial charge in [-0.05, 0) is 30.2 Å². The average Bonchev–Trinajstić information content (AvgIpc) is 3.07. The fourth-order valence-corrected chi connectivity index (χ4v) is 3.99. The Morgan fingerprint density at radius 3 is 3.04 bits per heavy atom. The third-order valence-electron chi connectivity index (χ3n) is 4.08. The number of hydrogen-bond donors (Lipinski definition) is 1. The molecule has 0 spiro atoms. The number of amides is 2. The molecule has 1 N–H and O–H groups in total. The van der Waals surface area contributed by atoms with Gasteiger partial charge in [-0.25, -0.2) is 4.79 Å². The van der Waals surface area contributed by atoms with Gasteiger partial charge in [-0.2, -0.15) is 5.26 Å². The van der Waals surface area contributed by atoms with Gasteiger partial charge in [0.1, 0.15) is 17.7 Å². The third-order valence-corrected chi connectivity index (χ3v) is 5.21. The molecule has 142 valence electrons. The summed E-state index contributed by atoms with van der Waals surface area (Å²) in [5.74, 6) is -0.344. The second kappa shape index (κ2) is 8.97. The smallest absolute Gasteiger partial charge is 0.410 e. The van der Waals surface area contributed by atoms with Crippen LogP contribution in [0.5, 0.6) is 0 Å². The molecule has 0 aromatic carbocycles. The number of anilines is 1. The van der Waals surface area contributed by atoms with E-state index in [4.69, 9.17) is 4.74 Å². The van der Waals surface area contributed by atoms with E-state index in [1.165, 1.54) is 23.5 Å². The second-order valence-electron chi connectivity index (χ2n) is 5.93. The molecule has 28 heavy (non-hydrogen) atoms. The summed E-state index contributed by atoms with van der Waals surface area (Å²) in [6.07, 6.45) is 6.26. The maximum absolute atomic E-state index is 12.2. The third kappa shape index (κ3) is 4.45. The van der Waals surface area contributed by atoms with Gasteiger partial charge in [-0.1, -0.05) is 18.7 Å². The van der Waals surface area contributed by atoms with Crippen molar-refractivity contribution in [1.82, 2.24) is 9.88 Å². The highest BCUT2D eigenvalue weighted by Gasteiger charge is 2.27. The van der Waals surface area contributed by atoms with Crippen molar-refractivity contribution in [3.8, 4) is 6.07 Å². The number of pyridine rings is 1. The molecule has 2 amide bonds. The van der Waals surface area contributed by atoms with Gasteiger partial charge in [0.25, 0.3) is 0 Å². The maximum Gasteiger partial charge on any atom is 0.410 e. The van der Waals surface area contributed by atoms with Crippen molar-refractivity contribution in [3.05, 3.63) is 64.8 Å².